The van der Waals surface area contributed by atoms with Gasteiger partial charge in [-0.3, -0.25) is 4.57 Å². The van der Waals surface area contributed by atoms with Crippen molar-refractivity contribution in [2.45, 2.75) is 26.4 Å². The zero-order valence-electron chi connectivity index (χ0n) is 11.5. The van der Waals surface area contributed by atoms with Crippen LogP contribution in [0.15, 0.2) is 41.0 Å². The summed E-state index contributed by atoms with van der Waals surface area (Å²) in [5.41, 5.74) is 1.27. The number of ether oxygens (including phenoxy) is 1. The van der Waals surface area contributed by atoms with Crippen LogP contribution in [0.4, 0.5) is 4.79 Å². The molecule has 0 aliphatic rings. The van der Waals surface area contributed by atoms with Crippen LogP contribution in [0, 0.1) is 3.57 Å². The molecule has 3 nitrogen and oxygen atoms in total. The zero-order chi connectivity index (χ0) is 14.9. The van der Waals surface area contributed by atoms with Gasteiger partial charge >= 0.3 is 6.09 Å². The summed E-state index contributed by atoms with van der Waals surface area (Å²) in [7, 11) is 0. The molecule has 2 rings (SSSR count). The molecule has 0 N–H and O–H groups in total. The highest BCUT2D eigenvalue weighted by Crippen LogP contribution is 2.27. The summed E-state index contributed by atoms with van der Waals surface area (Å²) in [4.78, 5) is 12.3. The normalized spacial score (nSPS) is 11.4. The van der Waals surface area contributed by atoms with E-state index in [1.54, 1.807) is 6.20 Å². The Morgan fingerprint density at radius 3 is 2.60 bits per heavy atom. The minimum absolute atomic E-state index is 0.378. The van der Waals surface area contributed by atoms with E-state index >= 15 is 0 Å². The van der Waals surface area contributed by atoms with E-state index in [1.165, 1.54) is 4.57 Å². The number of hydrogen-bond acceptors (Lipinski definition) is 2. The molecule has 0 aliphatic heterocycles. The van der Waals surface area contributed by atoms with Crippen LogP contribution in [-0.2, 0) is 4.74 Å². The fourth-order valence-corrected chi connectivity index (χ4v) is 2.73. The standard InChI is InChI=1S/C15H15BrINO2/c1-15(2,3)20-14(19)18-9-11(16)8-13(18)10-5-4-6-12(17)7-10/h4-9H,1-3H3. The van der Waals surface area contributed by atoms with Crippen molar-refractivity contribution in [2.75, 3.05) is 0 Å². The van der Waals surface area contributed by atoms with Crippen LogP contribution in [0.5, 0.6) is 0 Å². The second-order valence-corrected chi connectivity index (χ2v) is 7.57. The van der Waals surface area contributed by atoms with Crippen LogP contribution in [0.3, 0.4) is 0 Å². The van der Waals surface area contributed by atoms with E-state index in [0.29, 0.717) is 0 Å². The van der Waals surface area contributed by atoms with Gasteiger partial charge in [-0.05, 0) is 83.1 Å². The molecule has 0 fully saturated rings. The van der Waals surface area contributed by atoms with E-state index in [2.05, 4.69) is 38.5 Å². The van der Waals surface area contributed by atoms with Gasteiger partial charge in [0, 0.05) is 14.2 Å². The van der Waals surface area contributed by atoms with Gasteiger partial charge in [-0.15, -0.1) is 0 Å². The predicted octanol–water partition coefficient (Wildman–Crippen LogP) is 5.31. The Morgan fingerprint density at radius 2 is 2.00 bits per heavy atom. The monoisotopic (exact) mass is 447 g/mol. The minimum Gasteiger partial charge on any atom is -0.443 e. The highest BCUT2D eigenvalue weighted by molar-refractivity contribution is 14.1. The molecule has 0 aliphatic carbocycles. The molecule has 0 unspecified atom stereocenters. The van der Waals surface area contributed by atoms with Crippen molar-refractivity contribution in [3.8, 4) is 11.3 Å². The van der Waals surface area contributed by atoms with Crippen molar-refractivity contribution in [1.82, 2.24) is 4.57 Å². The summed E-state index contributed by atoms with van der Waals surface area (Å²) in [5.74, 6) is 0. The maximum atomic E-state index is 12.3. The third-order valence-corrected chi connectivity index (χ3v) is 3.60. The van der Waals surface area contributed by atoms with Gasteiger partial charge in [0.05, 0.1) is 5.69 Å². The van der Waals surface area contributed by atoms with Crippen molar-refractivity contribution in [3.05, 3.63) is 44.6 Å². The molecule has 0 saturated heterocycles. The molecule has 0 saturated carbocycles. The first kappa shape index (κ1) is 15.6. The second kappa shape index (κ2) is 5.89. The quantitative estimate of drug-likeness (QED) is 0.555. The Morgan fingerprint density at radius 1 is 1.30 bits per heavy atom. The maximum absolute atomic E-state index is 12.3. The summed E-state index contributed by atoms with van der Waals surface area (Å²) in [6, 6.07) is 9.90. The molecule has 5 heteroatoms. The number of nitrogens with zero attached hydrogens (tertiary/aromatic N) is 1. The van der Waals surface area contributed by atoms with Gasteiger partial charge in [-0.1, -0.05) is 12.1 Å². The van der Waals surface area contributed by atoms with E-state index in [-0.39, 0.29) is 6.09 Å². The lowest BCUT2D eigenvalue weighted by Gasteiger charge is -2.20. The third-order valence-electron chi connectivity index (χ3n) is 2.50. The Bertz CT molecular complexity index is 644. The van der Waals surface area contributed by atoms with E-state index in [0.717, 1.165) is 19.3 Å². The van der Waals surface area contributed by atoms with E-state index in [9.17, 15) is 4.79 Å². The van der Waals surface area contributed by atoms with Crippen molar-refractivity contribution in [2.24, 2.45) is 0 Å². The van der Waals surface area contributed by atoms with Gasteiger partial charge in [0.25, 0.3) is 0 Å². The summed E-state index contributed by atoms with van der Waals surface area (Å²) < 4.78 is 8.92. The molecule has 0 bridgehead atoms. The SMILES string of the molecule is CC(C)(C)OC(=O)n1cc(Br)cc1-c1cccc(I)c1. The summed E-state index contributed by atoms with van der Waals surface area (Å²) >= 11 is 5.67. The van der Waals surface area contributed by atoms with Crippen LogP contribution in [0.25, 0.3) is 11.3 Å². The predicted molar refractivity (Wildman–Crippen MR) is 91.9 cm³/mol. The van der Waals surface area contributed by atoms with Gasteiger partial charge in [-0.25, -0.2) is 4.79 Å². The Labute approximate surface area is 140 Å². The largest absolute Gasteiger partial charge is 0.443 e. The number of halogens is 2. The number of aromatic nitrogens is 1. The van der Waals surface area contributed by atoms with E-state index < -0.39 is 5.60 Å². The number of rotatable bonds is 1. The third kappa shape index (κ3) is 3.85. The zero-order valence-corrected chi connectivity index (χ0v) is 15.2. The molecule has 0 atom stereocenters. The minimum atomic E-state index is -0.518. The molecule has 20 heavy (non-hydrogen) atoms. The van der Waals surface area contributed by atoms with Gasteiger partial charge in [0.15, 0.2) is 0 Å². The first-order valence-electron chi connectivity index (χ1n) is 6.13. The van der Waals surface area contributed by atoms with Crippen LogP contribution in [0.2, 0.25) is 0 Å². The van der Waals surface area contributed by atoms with Crippen LogP contribution >= 0.6 is 38.5 Å². The highest BCUT2D eigenvalue weighted by atomic mass is 127. The first-order chi connectivity index (χ1) is 9.26. The van der Waals surface area contributed by atoms with Crippen molar-refractivity contribution >= 4 is 44.6 Å². The van der Waals surface area contributed by atoms with Gasteiger partial charge in [-0.2, -0.15) is 0 Å². The molecule has 1 aromatic heterocycles. The average molecular weight is 448 g/mol. The summed E-state index contributed by atoms with van der Waals surface area (Å²) in [6.07, 6.45) is 1.35. The maximum Gasteiger partial charge on any atom is 0.419 e. The molecular weight excluding hydrogens is 433 g/mol. The Balaban J connectivity index is 2.43. The number of carbonyl (C=O) groups is 1. The Kier molecular flexibility index (Phi) is 4.59. The van der Waals surface area contributed by atoms with Gasteiger partial charge in [0.2, 0.25) is 0 Å². The van der Waals surface area contributed by atoms with Crippen molar-refractivity contribution < 1.29 is 9.53 Å². The highest BCUT2D eigenvalue weighted by Gasteiger charge is 2.20. The molecular formula is C15H15BrINO2. The smallest absolute Gasteiger partial charge is 0.419 e. The van der Waals surface area contributed by atoms with Crippen LogP contribution in [0.1, 0.15) is 20.8 Å². The number of benzene rings is 1. The van der Waals surface area contributed by atoms with E-state index in [1.807, 2.05) is 51.1 Å². The molecule has 0 amide bonds. The molecule has 1 heterocycles. The second-order valence-electron chi connectivity index (χ2n) is 5.40. The van der Waals surface area contributed by atoms with Crippen molar-refractivity contribution in [3.63, 3.8) is 0 Å². The molecule has 106 valence electrons. The lowest BCUT2D eigenvalue weighted by Crippen LogP contribution is -2.27. The topological polar surface area (TPSA) is 31.2 Å². The van der Waals surface area contributed by atoms with Crippen LogP contribution < -0.4 is 0 Å². The lowest BCUT2D eigenvalue weighted by atomic mass is 10.1. The van der Waals surface area contributed by atoms with Gasteiger partial charge < -0.3 is 4.74 Å². The fraction of sp³-hybridized carbons (Fsp3) is 0.267. The molecule has 2 aromatic rings. The Hall–Kier alpha value is -0.820. The molecule has 0 radical (unpaired) electrons. The summed E-state index contributed by atoms with van der Waals surface area (Å²) in [5, 5.41) is 0. The molecule has 1 aromatic carbocycles. The number of carbonyl (C=O) groups excluding carboxylic acids is 1. The molecule has 0 spiro atoms. The van der Waals surface area contributed by atoms with E-state index in [4.69, 9.17) is 4.74 Å². The first-order valence-corrected chi connectivity index (χ1v) is 8.00. The summed E-state index contributed by atoms with van der Waals surface area (Å²) in [6.45, 7) is 5.57. The van der Waals surface area contributed by atoms with Gasteiger partial charge in [0.1, 0.15) is 5.60 Å². The number of hydrogen-bond donors (Lipinski definition) is 0. The average Bonchev–Trinajstić information content (AvgIpc) is 2.69. The van der Waals surface area contributed by atoms with Crippen LogP contribution in [-0.4, -0.2) is 16.3 Å². The van der Waals surface area contributed by atoms with Crippen molar-refractivity contribution in [1.29, 1.82) is 0 Å². The lowest BCUT2D eigenvalue weighted by molar-refractivity contribution is 0.0540. The fourth-order valence-electron chi connectivity index (χ4n) is 1.76.